The summed E-state index contributed by atoms with van der Waals surface area (Å²) in [5.74, 6) is 0.369. The van der Waals surface area contributed by atoms with Crippen LogP contribution in [0.3, 0.4) is 0 Å². The molecule has 0 aliphatic carbocycles. The lowest BCUT2D eigenvalue weighted by Gasteiger charge is -2.32. The Balaban J connectivity index is 1.51. The zero-order chi connectivity index (χ0) is 26.4. The molecule has 4 bridgehead atoms. The first-order valence-corrected chi connectivity index (χ1v) is 12.1. The summed E-state index contributed by atoms with van der Waals surface area (Å²) in [7, 11) is -0.583. The Hall–Kier alpha value is -2.95. The monoisotopic (exact) mass is 512 g/mol. The fourth-order valence-corrected chi connectivity index (χ4v) is 4.31. The number of fused-ring (bicyclic) bond motifs is 6. The van der Waals surface area contributed by atoms with Gasteiger partial charge in [0.25, 0.3) is 0 Å². The van der Waals surface area contributed by atoms with E-state index in [0.717, 1.165) is 22.7 Å². The van der Waals surface area contributed by atoms with Gasteiger partial charge < -0.3 is 18.8 Å². The van der Waals surface area contributed by atoms with Gasteiger partial charge in [0, 0.05) is 23.4 Å². The van der Waals surface area contributed by atoms with Crippen molar-refractivity contribution < 1.29 is 32.0 Å². The standard InChI is InChI=1S/C27H28BF3N2O4/c1-25(2)26(3,4)37-28(36-25)21-9-8-18-12-19(21)15-34-11-10-17-13-23(27(29,30)31)32-14-20(17)16-35-24-7-5-6-22(18)33-24/h5-9,12-14H,10-11,15-16H2,1-4H3. The summed E-state index contributed by atoms with van der Waals surface area (Å²) in [6, 6.07) is 12.4. The highest BCUT2D eigenvalue weighted by Gasteiger charge is 2.52. The van der Waals surface area contributed by atoms with Crippen LogP contribution in [-0.2, 0) is 39.9 Å². The molecule has 1 aromatic carbocycles. The van der Waals surface area contributed by atoms with E-state index in [4.69, 9.17) is 18.8 Å². The molecule has 10 heteroatoms. The minimum atomic E-state index is -4.54. The average molecular weight is 512 g/mol. The molecule has 2 aliphatic heterocycles. The van der Waals surface area contributed by atoms with Crippen molar-refractivity contribution in [3.05, 3.63) is 71.0 Å². The first-order chi connectivity index (χ1) is 17.4. The molecule has 0 amide bonds. The van der Waals surface area contributed by atoms with Crippen LogP contribution in [0.5, 0.6) is 5.88 Å². The number of nitrogens with zero attached hydrogens (tertiary/aromatic N) is 2. The van der Waals surface area contributed by atoms with Gasteiger partial charge in [0.05, 0.1) is 30.1 Å². The van der Waals surface area contributed by atoms with Crippen molar-refractivity contribution in [2.75, 3.05) is 6.61 Å². The third-order valence-corrected chi connectivity index (χ3v) is 7.19. The molecule has 0 atom stereocenters. The van der Waals surface area contributed by atoms with Crippen LogP contribution in [0.15, 0.2) is 48.7 Å². The van der Waals surface area contributed by atoms with E-state index in [-0.39, 0.29) is 26.2 Å². The third-order valence-electron chi connectivity index (χ3n) is 7.19. The SMILES string of the molecule is CC1(C)OB(c2ccc3cc2COCCc2cc(C(F)(F)F)ncc2COc2cccc-3n2)OC1(C)C. The molecule has 0 radical (unpaired) electrons. The fraction of sp³-hybridized carbons (Fsp3) is 0.407. The van der Waals surface area contributed by atoms with E-state index in [2.05, 4.69) is 9.97 Å². The fourth-order valence-electron chi connectivity index (χ4n) is 4.31. The zero-order valence-electron chi connectivity index (χ0n) is 21.2. The number of halogens is 3. The van der Waals surface area contributed by atoms with Crippen LogP contribution in [0.2, 0.25) is 0 Å². The van der Waals surface area contributed by atoms with Gasteiger partial charge in [-0.2, -0.15) is 13.2 Å². The van der Waals surface area contributed by atoms with E-state index in [1.807, 2.05) is 58.0 Å². The van der Waals surface area contributed by atoms with Crippen molar-refractivity contribution >= 4 is 12.6 Å². The molecule has 0 unspecified atom stereocenters. The highest BCUT2D eigenvalue weighted by atomic mass is 19.4. The highest BCUT2D eigenvalue weighted by molar-refractivity contribution is 6.62. The number of rotatable bonds is 1. The Bertz CT molecular complexity index is 1300. The second kappa shape index (κ2) is 9.42. The van der Waals surface area contributed by atoms with E-state index in [1.54, 1.807) is 6.07 Å². The largest absolute Gasteiger partial charge is 0.495 e. The molecule has 1 saturated heterocycles. The normalized spacial score (nSPS) is 19.1. The Morgan fingerprint density at radius 2 is 1.65 bits per heavy atom. The summed E-state index contributed by atoms with van der Waals surface area (Å²) in [5, 5.41) is 0. The molecule has 0 saturated carbocycles. The lowest BCUT2D eigenvalue weighted by atomic mass is 9.75. The zero-order valence-corrected chi connectivity index (χ0v) is 21.2. The summed E-state index contributed by atoms with van der Waals surface area (Å²) in [6.07, 6.45) is -3.06. The smallest absolute Gasteiger partial charge is 0.473 e. The third kappa shape index (κ3) is 5.23. The predicted molar refractivity (Wildman–Crippen MR) is 132 cm³/mol. The highest BCUT2D eigenvalue weighted by Crippen LogP contribution is 2.37. The van der Waals surface area contributed by atoms with Crippen LogP contribution in [0.25, 0.3) is 11.3 Å². The first-order valence-electron chi connectivity index (χ1n) is 12.1. The lowest BCUT2D eigenvalue weighted by Crippen LogP contribution is -2.41. The van der Waals surface area contributed by atoms with Crippen molar-refractivity contribution in [2.45, 2.75) is 64.7 Å². The van der Waals surface area contributed by atoms with Gasteiger partial charge in [0.15, 0.2) is 0 Å². The first kappa shape index (κ1) is 25.7. The molecule has 2 aliphatic rings. The molecule has 3 aromatic rings. The van der Waals surface area contributed by atoms with Crippen molar-refractivity contribution in [1.82, 2.24) is 9.97 Å². The number of pyridine rings is 2. The van der Waals surface area contributed by atoms with Gasteiger partial charge in [-0.15, -0.1) is 0 Å². The molecule has 2 aromatic heterocycles. The van der Waals surface area contributed by atoms with Crippen LogP contribution in [0.4, 0.5) is 13.2 Å². The van der Waals surface area contributed by atoms with Gasteiger partial charge >= 0.3 is 13.3 Å². The maximum atomic E-state index is 13.3. The van der Waals surface area contributed by atoms with Crippen LogP contribution >= 0.6 is 0 Å². The van der Waals surface area contributed by atoms with Gasteiger partial charge in [-0.3, -0.25) is 4.98 Å². The van der Waals surface area contributed by atoms with E-state index in [9.17, 15) is 13.2 Å². The van der Waals surface area contributed by atoms with Crippen molar-refractivity contribution in [3.63, 3.8) is 0 Å². The number of benzene rings is 1. The van der Waals surface area contributed by atoms with Gasteiger partial charge in [-0.25, -0.2) is 4.98 Å². The van der Waals surface area contributed by atoms with Gasteiger partial charge in [0.1, 0.15) is 12.3 Å². The van der Waals surface area contributed by atoms with Crippen molar-refractivity contribution in [2.24, 2.45) is 0 Å². The predicted octanol–water partition coefficient (Wildman–Crippen LogP) is 5.11. The van der Waals surface area contributed by atoms with Crippen LogP contribution in [-0.4, -0.2) is 34.9 Å². The van der Waals surface area contributed by atoms with Gasteiger partial charge in [0.2, 0.25) is 5.88 Å². The van der Waals surface area contributed by atoms with Gasteiger partial charge in [-0.1, -0.05) is 18.2 Å². The van der Waals surface area contributed by atoms with Crippen molar-refractivity contribution in [1.29, 1.82) is 0 Å². The summed E-state index contributed by atoms with van der Waals surface area (Å²) >= 11 is 0. The maximum Gasteiger partial charge on any atom is 0.495 e. The van der Waals surface area contributed by atoms with Gasteiger partial charge in [-0.05, 0) is 68.9 Å². The molecule has 1 fully saturated rings. The Labute approximate surface area is 214 Å². The molecular formula is C27H28BF3N2O4. The molecule has 0 N–H and O–H groups in total. The van der Waals surface area contributed by atoms with E-state index < -0.39 is 30.2 Å². The summed E-state index contributed by atoms with van der Waals surface area (Å²) in [5.41, 5.74) is 2.33. The molecule has 37 heavy (non-hydrogen) atoms. The van der Waals surface area contributed by atoms with Crippen LogP contribution in [0, 0.1) is 0 Å². The molecule has 5 rings (SSSR count). The van der Waals surface area contributed by atoms with Crippen molar-refractivity contribution in [3.8, 4) is 17.1 Å². The Morgan fingerprint density at radius 3 is 2.38 bits per heavy atom. The Kier molecular flexibility index (Phi) is 6.54. The number of hydrogen-bond donors (Lipinski definition) is 0. The molecular weight excluding hydrogens is 484 g/mol. The summed E-state index contributed by atoms with van der Waals surface area (Å²) in [4.78, 5) is 8.21. The van der Waals surface area contributed by atoms with E-state index in [0.29, 0.717) is 22.7 Å². The number of alkyl halides is 3. The van der Waals surface area contributed by atoms with E-state index >= 15 is 0 Å². The van der Waals surface area contributed by atoms with Crippen LogP contribution in [0.1, 0.15) is 50.1 Å². The lowest BCUT2D eigenvalue weighted by molar-refractivity contribution is -0.141. The second-order valence-electron chi connectivity index (χ2n) is 10.3. The molecule has 194 valence electrons. The minimum absolute atomic E-state index is 0.0447. The Morgan fingerprint density at radius 1 is 0.892 bits per heavy atom. The average Bonchev–Trinajstić information content (AvgIpc) is 3.06. The van der Waals surface area contributed by atoms with Crippen LogP contribution < -0.4 is 10.2 Å². The molecule has 6 nitrogen and oxygen atoms in total. The summed E-state index contributed by atoms with van der Waals surface area (Å²) < 4.78 is 64.3. The number of hydrogen-bond acceptors (Lipinski definition) is 6. The molecule has 4 heterocycles. The minimum Gasteiger partial charge on any atom is -0.473 e. The maximum absolute atomic E-state index is 13.3. The topological polar surface area (TPSA) is 62.7 Å². The number of ether oxygens (including phenoxy) is 2. The quantitative estimate of drug-likeness (QED) is 0.423. The molecule has 0 spiro atoms. The second-order valence-corrected chi connectivity index (χ2v) is 10.3. The number of aromatic nitrogens is 2. The summed E-state index contributed by atoms with van der Waals surface area (Å²) in [6.45, 7) is 8.46. The van der Waals surface area contributed by atoms with E-state index in [1.165, 1.54) is 6.20 Å².